The number of hydrogen-bond donors (Lipinski definition) is 2. The van der Waals surface area contributed by atoms with Crippen LogP contribution in [0, 0.1) is 5.41 Å². The van der Waals surface area contributed by atoms with Crippen LogP contribution < -0.4 is 10.7 Å². The van der Waals surface area contributed by atoms with E-state index in [0.717, 1.165) is 36.9 Å². The van der Waals surface area contributed by atoms with Crippen LogP contribution in [0.1, 0.15) is 39.0 Å². The largest absolute Gasteiger partial charge is 0.378 e. The van der Waals surface area contributed by atoms with Gasteiger partial charge in [-0.3, -0.25) is 0 Å². The Bertz CT molecular complexity index is 735. The van der Waals surface area contributed by atoms with Gasteiger partial charge in [-0.25, -0.2) is 19.9 Å². The second-order valence-corrected chi connectivity index (χ2v) is 6.86. The number of urea groups is 1. The Morgan fingerprint density at radius 3 is 2.96 bits per heavy atom. The van der Waals surface area contributed by atoms with Gasteiger partial charge in [-0.15, -0.1) is 0 Å². The van der Waals surface area contributed by atoms with Crippen molar-refractivity contribution in [3.63, 3.8) is 0 Å². The lowest BCUT2D eigenvalue weighted by Gasteiger charge is -2.53. The third-order valence-electron chi connectivity index (χ3n) is 5.67. The number of rotatable bonds is 4. The van der Waals surface area contributed by atoms with Crippen LogP contribution in [0.25, 0.3) is 11.0 Å². The van der Waals surface area contributed by atoms with Gasteiger partial charge in [0.1, 0.15) is 6.33 Å². The minimum absolute atomic E-state index is 0.143. The van der Waals surface area contributed by atoms with Gasteiger partial charge in [0.25, 0.3) is 0 Å². The molecule has 2 atom stereocenters. The van der Waals surface area contributed by atoms with Crippen molar-refractivity contribution in [2.45, 2.75) is 51.2 Å². The summed E-state index contributed by atoms with van der Waals surface area (Å²) < 4.78 is 7.58. The second kappa shape index (κ2) is 6.09. The number of amides is 2. The average Bonchev–Trinajstić information content (AvgIpc) is 3.23. The Morgan fingerprint density at radius 2 is 2.17 bits per heavy atom. The highest BCUT2D eigenvalue weighted by Gasteiger charge is 2.57. The summed E-state index contributed by atoms with van der Waals surface area (Å²) in [6.07, 6.45) is 7.60. The predicted octanol–water partition coefficient (Wildman–Crippen LogP) is 3.03. The second-order valence-electron chi connectivity index (χ2n) is 6.86. The number of hydrogen-bond acceptors (Lipinski definition) is 3. The fourth-order valence-corrected chi connectivity index (χ4v) is 4.44. The van der Waals surface area contributed by atoms with Gasteiger partial charge in [-0.1, -0.05) is 25.0 Å². The first-order chi connectivity index (χ1) is 11.7. The number of nitrogens with one attached hydrogen (secondary N) is 2. The highest BCUT2D eigenvalue weighted by Crippen LogP contribution is 2.54. The average molecular weight is 328 g/mol. The molecule has 2 aliphatic carbocycles. The maximum Gasteiger partial charge on any atom is 0.334 e. The molecule has 0 unspecified atom stereocenters. The van der Waals surface area contributed by atoms with E-state index in [1.807, 2.05) is 31.2 Å². The highest BCUT2D eigenvalue weighted by atomic mass is 16.5. The van der Waals surface area contributed by atoms with Crippen molar-refractivity contribution < 1.29 is 9.53 Å². The van der Waals surface area contributed by atoms with E-state index in [0.29, 0.717) is 6.10 Å². The number of fused-ring (bicyclic) bond motifs is 1. The van der Waals surface area contributed by atoms with Gasteiger partial charge in [0.05, 0.1) is 17.1 Å². The molecule has 0 saturated heterocycles. The predicted molar refractivity (Wildman–Crippen MR) is 92.3 cm³/mol. The van der Waals surface area contributed by atoms with Gasteiger partial charge in [0.2, 0.25) is 0 Å². The Kier molecular flexibility index (Phi) is 3.92. The van der Waals surface area contributed by atoms with Gasteiger partial charge in [0, 0.05) is 18.1 Å². The van der Waals surface area contributed by atoms with Crippen molar-refractivity contribution in [1.82, 2.24) is 15.0 Å². The molecule has 2 fully saturated rings. The van der Waals surface area contributed by atoms with Crippen LogP contribution in [0.4, 0.5) is 4.79 Å². The lowest BCUT2D eigenvalue weighted by atomic mass is 9.60. The molecule has 2 amide bonds. The Hall–Kier alpha value is -2.08. The van der Waals surface area contributed by atoms with Crippen LogP contribution in [0.2, 0.25) is 0 Å². The van der Waals surface area contributed by atoms with Crippen LogP contribution in [0.5, 0.6) is 0 Å². The number of carbonyl (C=O) groups is 1. The third kappa shape index (κ3) is 2.45. The quantitative estimate of drug-likeness (QED) is 0.906. The number of nitrogens with zero attached hydrogens (tertiary/aromatic N) is 2. The smallest absolute Gasteiger partial charge is 0.334 e. The molecule has 1 heterocycles. The molecule has 24 heavy (non-hydrogen) atoms. The van der Waals surface area contributed by atoms with Gasteiger partial charge >= 0.3 is 6.03 Å². The first-order valence-corrected chi connectivity index (χ1v) is 8.84. The number of aromatic nitrogens is 2. The lowest BCUT2D eigenvalue weighted by molar-refractivity contribution is -0.126. The van der Waals surface area contributed by atoms with E-state index < -0.39 is 0 Å². The van der Waals surface area contributed by atoms with Crippen molar-refractivity contribution in [3.05, 3.63) is 30.6 Å². The minimum Gasteiger partial charge on any atom is -0.378 e. The number of ether oxygens (including phenoxy) is 1. The first kappa shape index (κ1) is 15.4. The van der Waals surface area contributed by atoms with E-state index in [1.165, 1.54) is 12.8 Å². The van der Waals surface area contributed by atoms with Gasteiger partial charge in [-0.2, -0.15) is 0 Å². The molecule has 128 valence electrons. The standard InChI is InChI=1S/C18H24N4O2/c1-2-24-16-11-15(18(16)9-5-6-10-18)20-17(23)21-22-12-19-13-7-3-4-8-14(13)22/h3-4,7-8,12,15-16H,2,5-6,9-11H2,1H3,(H2,20,21,23)/t15-,16+/m0/s1. The highest BCUT2D eigenvalue weighted by molar-refractivity contribution is 5.85. The summed E-state index contributed by atoms with van der Waals surface area (Å²) in [5, 5.41) is 3.16. The molecular weight excluding hydrogens is 304 g/mol. The number of carbonyl (C=O) groups excluding carboxylic acids is 1. The molecule has 1 spiro atoms. The third-order valence-corrected chi connectivity index (χ3v) is 5.67. The molecule has 2 aromatic rings. The Balaban J connectivity index is 1.43. The van der Waals surface area contributed by atoms with Crippen molar-refractivity contribution in [1.29, 1.82) is 0 Å². The maximum atomic E-state index is 12.5. The number of benzene rings is 1. The summed E-state index contributed by atoms with van der Waals surface area (Å²) in [5.74, 6) is 0. The molecule has 0 radical (unpaired) electrons. The van der Waals surface area contributed by atoms with Crippen LogP contribution >= 0.6 is 0 Å². The minimum atomic E-state index is -0.177. The van der Waals surface area contributed by atoms with E-state index in [-0.39, 0.29) is 17.5 Å². The molecule has 1 aromatic heterocycles. The van der Waals surface area contributed by atoms with E-state index in [2.05, 4.69) is 15.7 Å². The topological polar surface area (TPSA) is 68.2 Å². The molecule has 2 aliphatic rings. The molecule has 2 saturated carbocycles. The maximum absolute atomic E-state index is 12.5. The zero-order valence-corrected chi connectivity index (χ0v) is 14.0. The van der Waals surface area contributed by atoms with E-state index >= 15 is 0 Å². The molecule has 6 heteroatoms. The van der Waals surface area contributed by atoms with E-state index in [4.69, 9.17) is 4.74 Å². The number of imidazole rings is 1. The summed E-state index contributed by atoms with van der Waals surface area (Å²) in [4.78, 5) is 16.7. The molecule has 1 aromatic carbocycles. The molecular formula is C18H24N4O2. The lowest BCUT2D eigenvalue weighted by Crippen LogP contribution is -2.64. The van der Waals surface area contributed by atoms with Crippen LogP contribution in [0.3, 0.4) is 0 Å². The zero-order valence-electron chi connectivity index (χ0n) is 14.0. The van der Waals surface area contributed by atoms with E-state index in [9.17, 15) is 4.79 Å². The van der Waals surface area contributed by atoms with Gasteiger partial charge in [0.15, 0.2) is 0 Å². The summed E-state index contributed by atoms with van der Waals surface area (Å²) >= 11 is 0. The molecule has 4 rings (SSSR count). The summed E-state index contributed by atoms with van der Waals surface area (Å²) in [6, 6.07) is 7.77. The van der Waals surface area contributed by atoms with Crippen molar-refractivity contribution >= 4 is 17.1 Å². The molecule has 2 N–H and O–H groups in total. The van der Waals surface area contributed by atoms with Crippen molar-refractivity contribution in [2.24, 2.45) is 5.41 Å². The van der Waals surface area contributed by atoms with Crippen molar-refractivity contribution in [3.8, 4) is 0 Å². The normalized spacial score (nSPS) is 24.9. The first-order valence-electron chi connectivity index (χ1n) is 8.84. The summed E-state index contributed by atoms with van der Waals surface area (Å²) in [7, 11) is 0. The Labute approximate surface area is 141 Å². The number of para-hydroxylation sites is 2. The SMILES string of the molecule is CCO[C@@H]1C[C@H](NC(=O)Nn2cnc3ccccc32)C12CCCC2. The fourth-order valence-electron chi connectivity index (χ4n) is 4.44. The van der Waals surface area contributed by atoms with Gasteiger partial charge < -0.3 is 10.1 Å². The molecule has 6 nitrogen and oxygen atoms in total. The van der Waals surface area contributed by atoms with Gasteiger partial charge in [-0.05, 0) is 38.3 Å². The molecule has 0 aliphatic heterocycles. The monoisotopic (exact) mass is 328 g/mol. The van der Waals surface area contributed by atoms with Crippen LogP contribution in [-0.4, -0.2) is 34.4 Å². The van der Waals surface area contributed by atoms with Crippen LogP contribution in [-0.2, 0) is 4.74 Å². The molecule has 0 bridgehead atoms. The fraction of sp³-hybridized carbons (Fsp3) is 0.556. The van der Waals surface area contributed by atoms with Crippen molar-refractivity contribution in [2.75, 3.05) is 12.0 Å². The van der Waals surface area contributed by atoms with E-state index in [1.54, 1.807) is 11.0 Å². The Morgan fingerprint density at radius 1 is 1.38 bits per heavy atom. The zero-order chi connectivity index (χ0) is 16.6. The van der Waals surface area contributed by atoms with Crippen LogP contribution in [0.15, 0.2) is 30.6 Å². The summed E-state index contributed by atoms with van der Waals surface area (Å²) in [6.45, 7) is 2.78. The summed E-state index contributed by atoms with van der Waals surface area (Å²) in [5.41, 5.74) is 4.78.